The number of guanidine groups is 1. The molecular weight excluding hydrogens is 344 g/mol. The zero-order valence-corrected chi connectivity index (χ0v) is 16.5. The third kappa shape index (κ3) is 6.73. The van der Waals surface area contributed by atoms with E-state index in [1.807, 2.05) is 31.2 Å². The summed E-state index contributed by atoms with van der Waals surface area (Å²) in [6, 6.07) is 7.71. The van der Waals surface area contributed by atoms with Crippen LogP contribution in [0.1, 0.15) is 34.1 Å². The third-order valence-electron chi connectivity index (χ3n) is 3.94. The molecule has 0 aliphatic heterocycles. The molecule has 2 rings (SSSR count). The van der Waals surface area contributed by atoms with Crippen LogP contribution >= 0.6 is 0 Å². The summed E-state index contributed by atoms with van der Waals surface area (Å²) in [6.07, 6.45) is 2.41. The maximum Gasteiger partial charge on any atom is 0.253 e. The summed E-state index contributed by atoms with van der Waals surface area (Å²) >= 11 is 0. The summed E-state index contributed by atoms with van der Waals surface area (Å²) in [5.74, 6) is 2.08. The lowest BCUT2D eigenvalue weighted by Gasteiger charge is -2.13. The Labute approximate surface area is 160 Å². The molecule has 0 spiro atoms. The Morgan fingerprint density at radius 3 is 2.67 bits per heavy atom. The van der Waals surface area contributed by atoms with Crippen molar-refractivity contribution in [3.05, 3.63) is 47.1 Å². The second-order valence-corrected chi connectivity index (χ2v) is 6.41. The highest BCUT2D eigenvalue weighted by molar-refractivity contribution is 5.94. The predicted octanol–water partition coefficient (Wildman–Crippen LogP) is 1.42. The molecule has 146 valence electrons. The van der Waals surface area contributed by atoms with E-state index in [1.165, 1.54) is 0 Å². The van der Waals surface area contributed by atoms with Crippen LogP contribution in [0.3, 0.4) is 0 Å². The van der Waals surface area contributed by atoms with Crippen LogP contribution in [0.25, 0.3) is 0 Å². The van der Waals surface area contributed by atoms with Crippen molar-refractivity contribution in [2.24, 2.45) is 4.99 Å². The van der Waals surface area contributed by atoms with E-state index in [4.69, 9.17) is 4.52 Å². The zero-order valence-electron chi connectivity index (χ0n) is 16.5. The summed E-state index contributed by atoms with van der Waals surface area (Å²) < 4.78 is 5.09. The van der Waals surface area contributed by atoms with Crippen LogP contribution in [0.5, 0.6) is 0 Å². The Kier molecular flexibility index (Phi) is 7.79. The first-order chi connectivity index (χ1) is 13.0. The van der Waals surface area contributed by atoms with E-state index in [-0.39, 0.29) is 5.91 Å². The number of aromatic nitrogens is 2. The van der Waals surface area contributed by atoms with E-state index in [2.05, 4.69) is 25.8 Å². The van der Waals surface area contributed by atoms with Crippen molar-refractivity contribution in [1.82, 2.24) is 25.7 Å². The number of nitrogens with zero attached hydrogens (tertiary/aromatic N) is 4. The second kappa shape index (κ2) is 10.3. The molecule has 0 bridgehead atoms. The molecule has 2 aromatic rings. The number of hydrogen-bond donors (Lipinski definition) is 2. The molecule has 2 N–H and O–H groups in total. The number of nitrogens with one attached hydrogen (secondary N) is 2. The molecule has 0 atom stereocenters. The van der Waals surface area contributed by atoms with E-state index in [0.717, 1.165) is 43.9 Å². The van der Waals surface area contributed by atoms with Crippen LogP contribution in [0.2, 0.25) is 0 Å². The van der Waals surface area contributed by atoms with Crippen molar-refractivity contribution >= 4 is 11.9 Å². The number of amides is 1. The van der Waals surface area contributed by atoms with Crippen LogP contribution < -0.4 is 10.6 Å². The molecule has 0 aliphatic carbocycles. The lowest BCUT2D eigenvalue weighted by Crippen LogP contribution is -2.38. The highest BCUT2D eigenvalue weighted by atomic mass is 16.5. The molecule has 8 heteroatoms. The number of hydrogen-bond acceptors (Lipinski definition) is 5. The van der Waals surface area contributed by atoms with Crippen molar-refractivity contribution < 1.29 is 9.32 Å². The van der Waals surface area contributed by atoms with Gasteiger partial charge in [0.15, 0.2) is 11.8 Å². The van der Waals surface area contributed by atoms with E-state index in [1.54, 1.807) is 26.0 Å². The predicted molar refractivity (Wildman–Crippen MR) is 105 cm³/mol. The molecule has 0 unspecified atom stereocenters. The lowest BCUT2D eigenvalue weighted by molar-refractivity contribution is 0.0827. The van der Waals surface area contributed by atoms with Gasteiger partial charge < -0.3 is 20.1 Å². The van der Waals surface area contributed by atoms with Crippen LogP contribution in [0, 0.1) is 6.92 Å². The fourth-order valence-electron chi connectivity index (χ4n) is 2.55. The number of carbonyl (C=O) groups excluding carboxylic acids is 1. The van der Waals surface area contributed by atoms with E-state index >= 15 is 0 Å². The fourth-order valence-corrected chi connectivity index (χ4v) is 2.55. The maximum absolute atomic E-state index is 12.0. The normalized spacial score (nSPS) is 11.3. The average Bonchev–Trinajstić information content (AvgIpc) is 3.08. The van der Waals surface area contributed by atoms with E-state index in [0.29, 0.717) is 17.3 Å². The van der Waals surface area contributed by atoms with Gasteiger partial charge in [0.25, 0.3) is 5.91 Å². The average molecular weight is 372 g/mol. The largest absolute Gasteiger partial charge is 0.356 e. The quantitative estimate of drug-likeness (QED) is 0.413. The van der Waals surface area contributed by atoms with E-state index in [9.17, 15) is 4.79 Å². The Morgan fingerprint density at radius 1 is 1.22 bits per heavy atom. The zero-order chi connectivity index (χ0) is 19.6. The monoisotopic (exact) mass is 372 g/mol. The summed E-state index contributed by atoms with van der Waals surface area (Å²) in [4.78, 5) is 22.0. The van der Waals surface area contributed by atoms with Gasteiger partial charge in [-0.3, -0.25) is 9.79 Å². The van der Waals surface area contributed by atoms with Gasteiger partial charge in [-0.1, -0.05) is 17.3 Å². The Bertz CT molecular complexity index is 769. The molecule has 1 amide bonds. The van der Waals surface area contributed by atoms with Crippen LogP contribution in [0.4, 0.5) is 0 Å². The van der Waals surface area contributed by atoms with Crippen LogP contribution in [0.15, 0.2) is 33.8 Å². The molecule has 0 radical (unpaired) electrons. The van der Waals surface area contributed by atoms with Crippen molar-refractivity contribution in [1.29, 1.82) is 0 Å². The van der Waals surface area contributed by atoms with Gasteiger partial charge in [0.1, 0.15) is 0 Å². The van der Waals surface area contributed by atoms with Crippen molar-refractivity contribution in [2.45, 2.75) is 26.2 Å². The van der Waals surface area contributed by atoms with Crippen LogP contribution in [-0.2, 0) is 12.8 Å². The van der Waals surface area contributed by atoms with Crippen molar-refractivity contribution in [2.75, 3.05) is 34.2 Å². The van der Waals surface area contributed by atoms with Crippen molar-refractivity contribution in [3.63, 3.8) is 0 Å². The minimum atomic E-state index is 0.0127. The molecule has 8 nitrogen and oxygen atoms in total. The Hall–Kier alpha value is -2.90. The topological polar surface area (TPSA) is 95.6 Å². The second-order valence-electron chi connectivity index (χ2n) is 6.41. The molecule has 0 saturated carbocycles. The number of benzene rings is 1. The van der Waals surface area contributed by atoms with Gasteiger partial charge in [-0.05, 0) is 37.5 Å². The number of rotatable bonds is 8. The lowest BCUT2D eigenvalue weighted by atomic mass is 10.1. The summed E-state index contributed by atoms with van der Waals surface area (Å²) in [6.45, 7) is 3.29. The molecule has 0 fully saturated rings. The number of carbonyl (C=O) groups is 1. The number of aliphatic imine (C=N–C) groups is 1. The third-order valence-corrected chi connectivity index (χ3v) is 3.94. The summed E-state index contributed by atoms with van der Waals surface area (Å²) in [5, 5.41) is 10.3. The van der Waals surface area contributed by atoms with Gasteiger partial charge in [0.2, 0.25) is 5.89 Å². The first-order valence-corrected chi connectivity index (χ1v) is 9.04. The molecule has 0 saturated heterocycles. The maximum atomic E-state index is 12.0. The minimum absolute atomic E-state index is 0.0127. The van der Waals surface area contributed by atoms with Gasteiger partial charge in [0.05, 0.1) is 0 Å². The van der Waals surface area contributed by atoms with Gasteiger partial charge in [-0.15, -0.1) is 0 Å². The van der Waals surface area contributed by atoms with Gasteiger partial charge in [-0.2, -0.15) is 4.98 Å². The highest BCUT2D eigenvalue weighted by Crippen LogP contribution is 2.07. The molecule has 27 heavy (non-hydrogen) atoms. The first kappa shape index (κ1) is 20.4. The van der Waals surface area contributed by atoms with E-state index < -0.39 is 0 Å². The SMILES string of the molecule is CN=C(NCCCc1nc(C)no1)NCCc1cccc(C(=O)N(C)C)c1. The molecule has 0 aliphatic rings. The van der Waals surface area contributed by atoms with Gasteiger partial charge in [-0.25, -0.2) is 0 Å². The number of aryl methyl sites for hydroxylation is 2. The van der Waals surface area contributed by atoms with Gasteiger partial charge in [0, 0.05) is 46.2 Å². The molecule has 1 aromatic carbocycles. The Morgan fingerprint density at radius 2 is 2.00 bits per heavy atom. The fraction of sp³-hybridized carbons (Fsp3) is 0.474. The smallest absolute Gasteiger partial charge is 0.253 e. The van der Waals surface area contributed by atoms with Gasteiger partial charge >= 0.3 is 0 Å². The molecule has 1 aromatic heterocycles. The summed E-state index contributed by atoms with van der Waals surface area (Å²) in [7, 11) is 5.25. The first-order valence-electron chi connectivity index (χ1n) is 9.04. The van der Waals surface area contributed by atoms with Crippen LogP contribution in [-0.4, -0.2) is 61.1 Å². The molecular formula is C19H28N6O2. The molecule has 1 heterocycles. The Balaban J connectivity index is 1.71. The van der Waals surface area contributed by atoms with Crippen molar-refractivity contribution in [3.8, 4) is 0 Å². The highest BCUT2D eigenvalue weighted by Gasteiger charge is 2.08. The minimum Gasteiger partial charge on any atom is -0.356 e. The summed E-state index contributed by atoms with van der Waals surface area (Å²) in [5.41, 5.74) is 1.81. The standard InChI is InChI=1S/C19H28N6O2/c1-14-23-17(27-24-14)9-6-11-21-19(20-2)22-12-10-15-7-5-8-16(13-15)18(26)25(3)4/h5,7-8,13H,6,9-12H2,1-4H3,(H2,20,21,22).